The van der Waals surface area contributed by atoms with Crippen molar-refractivity contribution in [3.05, 3.63) is 70.3 Å². The van der Waals surface area contributed by atoms with E-state index in [0.29, 0.717) is 0 Å². The number of benzene rings is 1. The van der Waals surface area contributed by atoms with Gasteiger partial charge in [0, 0.05) is 11.4 Å². The fourth-order valence-corrected chi connectivity index (χ4v) is 3.13. The van der Waals surface area contributed by atoms with Crippen molar-refractivity contribution in [3.8, 4) is 0 Å². The second-order valence-corrected chi connectivity index (χ2v) is 6.51. The monoisotopic (exact) mass is 324 g/mol. The molecule has 1 atom stereocenters. The van der Waals surface area contributed by atoms with Crippen molar-refractivity contribution in [2.45, 2.75) is 46.9 Å². The molecule has 0 saturated carbocycles. The Labute approximate surface area is 142 Å². The standard InChI is InChI=1S/C19H24N4O/c1-12-6-8-17(9-7-12)18(24)19(22-15(4)10-13(2)20-22)23-16(5)11-14(3)21-23/h6-11,18-19,24H,1-5H3/t18-/m0/s1. The van der Waals surface area contributed by atoms with Crippen molar-refractivity contribution in [2.75, 3.05) is 0 Å². The van der Waals surface area contributed by atoms with E-state index >= 15 is 0 Å². The van der Waals surface area contributed by atoms with Gasteiger partial charge >= 0.3 is 0 Å². The molecule has 0 aliphatic carbocycles. The number of nitrogens with zero attached hydrogens (tertiary/aromatic N) is 4. The number of rotatable bonds is 4. The highest BCUT2D eigenvalue weighted by Crippen LogP contribution is 2.30. The summed E-state index contributed by atoms with van der Waals surface area (Å²) in [5.74, 6) is 0. The molecule has 126 valence electrons. The zero-order valence-corrected chi connectivity index (χ0v) is 14.9. The van der Waals surface area contributed by atoms with Crippen LogP contribution < -0.4 is 0 Å². The summed E-state index contributed by atoms with van der Waals surface area (Å²) in [5.41, 5.74) is 5.86. The summed E-state index contributed by atoms with van der Waals surface area (Å²) in [7, 11) is 0. The summed E-state index contributed by atoms with van der Waals surface area (Å²) in [6, 6.07) is 12.0. The van der Waals surface area contributed by atoms with Crippen LogP contribution in [0.15, 0.2) is 36.4 Å². The molecule has 2 aromatic heterocycles. The van der Waals surface area contributed by atoms with Crippen LogP contribution in [0.2, 0.25) is 0 Å². The molecule has 0 saturated heterocycles. The average Bonchev–Trinajstić information content (AvgIpc) is 3.02. The van der Waals surface area contributed by atoms with Crippen LogP contribution in [0.5, 0.6) is 0 Å². The molecular weight excluding hydrogens is 300 g/mol. The molecule has 0 bridgehead atoms. The summed E-state index contributed by atoms with van der Waals surface area (Å²) in [5, 5.41) is 20.3. The molecule has 1 aromatic carbocycles. The van der Waals surface area contributed by atoms with E-state index in [4.69, 9.17) is 0 Å². The first-order chi connectivity index (χ1) is 11.4. The third kappa shape index (κ3) is 2.99. The first-order valence-corrected chi connectivity index (χ1v) is 8.17. The highest BCUT2D eigenvalue weighted by molar-refractivity contribution is 5.25. The molecule has 2 heterocycles. The van der Waals surface area contributed by atoms with E-state index in [9.17, 15) is 5.11 Å². The van der Waals surface area contributed by atoms with Crippen molar-refractivity contribution >= 4 is 0 Å². The van der Waals surface area contributed by atoms with Gasteiger partial charge in [0.25, 0.3) is 0 Å². The maximum Gasteiger partial charge on any atom is 0.173 e. The van der Waals surface area contributed by atoms with Crippen LogP contribution in [0.1, 0.15) is 46.2 Å². The number of aromatic nitrogens is 4. The second kappa shape index (κ2) is 6.24. The van der Waals surface area contributed by atoms with Crippen molar-refractivity contribution in [3.63, 3.8) is 0 Å². The maximum atomic E-state index is 11.1. The van der Waals surface area contributed by atoms with E-state index in [1.165, 1.54) is 5.56 Å². The van der Waals surface area contributed by atoms with E-state index in [0.717, 1.165) is 28.3 Å². The SMILES string of the molecule is Cc1ccc([C@H](O)C(n2nc(C)cc2C)n2nc(C)cc2C)cc1. The Balaban J connectivity index is 2.13. The Morgan fingerprint density at radius 1 is 0.792 bits per heavy atom. The summed E-state index contributed by atoms with van der Waals surface area (Å²) >= 11 is 0. The Hall–Kier alpha value is -2.40. The maximum absolute atomic E-state index is 11.1. The largest absolute Gasteiger partial charge is 0.384 e. The molecule has 0 unspecified atom stereocenters. The average molecular weight is 324 g/mol. The minimum absolute atomic E-state index is 0.421. The Morgan fingerprint density at radius 3 is 1.62 bits per heavy atom. The minimum atomic E-state index is -0.749. The fraction of sp³-hybridized carbons (Fsp3) is 0.368. The number of aryl methyl sites for hydroxylation is 5. The van der Waals surface area contributed by atoms with Crippen LogP contribution >= 0.6 is 0 Å². The molecule has 0 amide bonds. The molecule has 1 N–H and O–H groups in total. The molecule has 5 heteroatoms. The van der Waals surface area contributed by atoms with Crippen LogP contribution in [0.25, 0.3) is 0 Å². The highest BCUT2D eigenvalue weighted by atomic mass is 16.3. The first-order valence-electron chi connectivity index (χ1n) is 8.17. The van der Waals surface area contributed by atoms with Gasteiger partial charge in [0.1, 0.15) is 6.10 Å². The number of hydrogen-bond donors (Lipinski definition) is 1. The van der Waals surface area contributed by atoms with Gasteiger partial charge in [0.05, 0.1) is 11.4 Å². The van der Waals surface area contributed by atoms with E-state index in [-0.39, 0.29) is 0 Å². The molecule has 5 nitrogen and oxygen atoms in total. The molecule has 0 fully saturated rings. The van der Waals surface area contributed by atoms with Gasteiger partial charge < -0.3 is 5.11 Å². The first kappa shape index (κ1) is 16.5. The molecular formula is C19H24N4O. The second-order valence-electron chi connectivity index (χ2n) is 6.51. The van der Waals surface area contributed by atoms with Crippen molar-refractivity contribution in [1.29, 1.82) is 0 Å². The third-order valence-corrected chi connectivity index (χ3v) is 4.29. The van der Waals surface area contributed by atoms with Gasteiger partial charge in [0.2, 0.25) is 0 Å². The van der Waals surface area contributed by atoms with Gasteiger partial charge in [-0.1, -0.05) is 29.8 Å². The minimum Gasteiger partial charge on any atom is -0.384 e. The van der Waals surface area contributed by atoms with E-state index < -0.39 is 12.3 Å². The lowest BCUT2D eigenvalue weighted by Crippen LogP contribution is -2.29. The van der Waals surface area contributed by atoms with Crippen molar-refractivity contribution < 1.29 is 5.11 Å². The van der Waals surface area contributed by atoms with Crippen molar-refractivity contribution in [2.24, 2.45) is 0 Å². The lowest BCUT2D eigenvalue weighted by molar-refractivity contribution is 0.0796. The molecule has 3 rings (SSSR count). The predicted molar refractivity (Wildman–Crippen MR) is 94.0 cm³/mol. The molecule has 0 radical (unpaired) electrons. The van der Waals surface area contributed by atoms with Crippen molar-refractivity contribution in [1.82, 2.24) is 19.6 Å². The third-order valence-electron chi connectivity index (χ3n) is 4.29. The predicted octanol–water partition coefficient (Wildman–Crippen LogP) is 3.40. The summed E-state index contributed by atoms with van der Waals surface area (Å²) in [6.07, 6.45) is -1.17. The summed E-state index contributed by atoms with van der Waals surface area (Å²) in [4.78, 5) is 0. The van der Waals surface area contributed by atoms with E-state index in [1.54, 1.807) is 0 Å². The van der Waals surface area contributed by atoms with Gasteiger partial charge in [0.15, 0.2) is 6.17 Å². The Bertz CT molecular complexity index is 799. The van der Waals surface area contributed by atoms with E-state index in [1.807, 2.05) is 80.4 Å². The van der Waals surface area contributed by atoms with Crippen LogP contribution in [0, 0.1) is 34.6 Å². The summed E-state index contributed by atoms with van der Waals surface area (Å²) < 4.78 is 3.72. The molecule has 0 aliphatic heterocycles. The number of aliphatic hydroxyl groups is 1. The number of hydrogen-bond acceptors (Lipinski definition) is 3. The number of aliphatic hydroxyl groups excluding tert-OH is 1. The van der Waals surface area contributed by atoms with Gasteiger partial charge in [-0.25, -0.2) is 9.36 Å². The highest BCUT2D eigenvalue weighted by Gasteiger charge is 2.28. The normalized spacial score (nSPS) is 12.8. The molecule has 0 spiro atoms. The topological polar surface area (TPSA) is 55.9 Å². The van der Waals surface area contributed by atoms with Crippen LogP contribution in [0.3, 0.4) is 0 Å². The van der Waals surface area contributed by atoms with Crippen LogP contribution in [0.4, 0.5) is 0 Å². The zero-order valence-electron chi connectivity index (χ0n) is 14.9. The lowest BCUT2D eigenvalue weighted by atomic mass is 10.0. The smallest absolute Gasteiger partial charge is 0.173 e. The Kier molecular flexibility index (Phi) is 4.28. The van der Waals surface area contributed by atoms with Crippen LogP contribution in [-0.4, -0.2) is 24.7 Å². The van der Waals surface area contributed by atoms with Crippen LogP contribution in [-0.2, 0) is 0 Å². The van der Waals surface area contributed by atoms with Gasteiger partial charge in [-0.2, -0.15) is 10.2 Å². The zero-order chi connectivity index (χ0) is 17.4. The van der Waals surface area contributed by atoms with E-state index in [2.05, 4.69) is 10.2 Å². The molecule has 24 heavy (non-hydrogen) atoms. The Morgan fingerprint density at radius 2 is 1.25 bits per heavy atom. The fourth-order valence-electron chi connectivity index (χ4n) is 3.13. The van der Waals surface area contributed by atoms with Gasteiger partial charge in [-0.15, -0.1) is 0 Å². The summed E-state index contributed by atoms with van der Waals surface area (Å²) in [6.45, 7) is 9.96. The van der Waals surface area contributed by atoms with Gasteiger partial charge in [-0.05, 0) is 52.3 Å². The quantitative estimate of drug-likeness (QED) is 0.800. The van der Waals surface area contributed by atoms with Gasteiger partial charge in [-0.3, -0.25) is 0 Å². The molecule has 0 aliphatic rings. The molecule has 3 aromatic rings. The lowest BCUT2D eigenvalue weighted by Gasteiger charge is -2.26.